The van der Waals surface area contributed by atoms with Crippen LogP contribution < -0.4 is 0 Å². The van der Waals surface area contributed by atoms with E-state index in [1.807, 2.05) is 42.5 Å². The Morgan fingerprint density at radius 3 is 2.44 bits per heavy atom. The van der Waals surface area contributed by atoms with Gasteiger partial charge in [0, 0.05) is 11.8 Å². The molecule has 0 fully saturated rings. The first-order valence-electron chi connectivity index (χ1n) is 6.09. The lowest BCUT2D eigenvalue weighted by Gasteiger charge is -2.07. The maximum atomic E-state index is 9.80. The molecule has 2 rings (SSSR count). The van der Waals surface area contributed by atoms with Crippen molar-refractivity contribution < 1.29 is 5.11 Å². The van der Waals surface area contributed by atoms with Crippen LogP contribution in [0.1, 0.15) is 30.9 Å². The molecule has 0 bridgehead atoms. The highest BCUT2D eigenvalue weighted by Crippen LogP contribution is 2.22. The van der Waals surface area contributed by atoms with Crippen molar-refractivity contribution >= 4 is 11.9 Å². The Kier molecular flexibility index (Phi) is 3.78. The second kappa shape index (κ2) is 5.50. The fraction of sp³-hybridized carbons (Fsp3) is 0.188. The molecule has 0 saturated carbocycles. The van der Waals surface area contributed by atoms with Gasteiger partial charge in [0.2, 0.25) is 0 Å². The van der Waals surface area contributed by atoms with Crippen LogP contribution in [0, 0.1) is 0 Å². The van der Waals surface area contributed by atoms with Crippen LogP contribution in [0.2, 0.25) is 0 Å². The molecule has 0 aliphatic rings. The summed E-state index contributed by atoms with van der Waals surface area (Å²) in [6.07, 6.45) is 1.70. The van der Waals surface area contributed by atoms with E-state index in [1.54, 1.807) is 12.3 Å². The number of phenolic OH excluding ortho intramolecular Hbond substituents is 1. The van der Waals surface area contributed by atoms with Crippen molar-refractivity contribution in [2.24, 2.45) is 4.99 Å². The van der Waals surface area contributed by atoms with E-state index in [4.69, 9.17) is 0 Å². The lowest BCUT2D eigenvalue weighted by atomic mass is 10.0. The summed E-state index contributed by atoms with van der Waals surface area (Å²) in [6, 6.07) is 15.3. The molecule has 2 aromatic rings. The highest BCUT2D eigenvalue weighted by Gasteiger charge is 2.03. The van der Waals surface area contributed by atoms with Crippen molar-refractivity contribution in [3.05, 3.63) is 59.7 Å². The zero-order chi connectivity index (χ0) is 13.0. The Morgan fingerprint density at radius 1 is 1.06 bits per heavy atom. The van der Waals surface area contributed by atoms with Crippen LogP contribution in [0.25, 0.3) is 0 Å². The van der Waals surface area contributed by atoms with Crippen LogP contribution >= 0.6 is 0 Å². The van der Waals surface area contributed by atoms with Crippen molar-refractivity contribution in [2.45, 2.75) is 19.8 Å². The number of rotatable bonds is 3. The summed E-state index contributed by atoms with van der Waals surface area (Å²) >= 11 is 0. The summed E-state index contributed by atoms with van der Waals surface area (Å²) in [6.45, 7) is 4.26. The average molecular weight is 239 g/mol. The second-order valence-electron chi connectivity index (χ2n) is 4.57. The minimum atomic E-state index is 0.263. The highest BCUT2D eigenvalue weighted by atomic mass is 16.3. The summed E-state index contributed by atoms with van der Waals surface area (Å²) < 4.78 is 0. The van der Waals surface area contributed by atoms with Gasteiger partial charge in [0.05, 0.1) is 5.69 Å². The monoisotopic (exact) mass is 239 g/mol. The Balaban J connectivity index is 2.28. The Bertz CT molecular complexity index is 544. The molecule has 0 aliphatic carbocycles. The van der Waals surface area contributed by atoms with E-state index in [0.29, 0.717) is 5.92 Å². The van der Waals surface area contributed by atoms with Crippen LogP contribution in [-0.4, -0.2) is 11.3 Å². The lowest BCUT2D eigenvalue weighted by Crippen LogP contribution is -1.90. The standard InChI is InChI=1S/C16H17NO/c1-12(2)13-8-9-16(18)14(10-13)11-17-15-6-4-3-5-7-15/h3-12,18H,1-2H3/b17-11+. The van der Waals surface area contributed by atoms with Crippen molar-refractivity contribution in [3.8, 4) is 5.75 Å². The fourth-order valence-corrected chi connectivity index (χ4v) is 1.69. The summed E-state index contributed by atoms with van der Waals surface area (Å²) in [5.41, 5.74) is 2.83. The first-order chi connectivity index (χ1) is 8.66. The van der Waals surface area contributed by atoms with Gasteiger partial charge in [0.25, 0.3) is 0 Å². The molecule has 0 unspecified atom stereocenters. The average Bonchev–Trinajstić information content (AvgIpc) is 2.38. The van der Waals surface area contributed by atoms with Gasteiger partial charge in [-0.3, -0.25) is 4.99 Å². The third-order valence-electron chi connectivity index (χ3n) is 2.83. The molecule has 0 aromatic heterocycles. The molecule has 2 aromatic carbocycles. The SMILES string of the molecule is CC(C)c1ccc(O)c(/C=N/c2ccccc2)c1. The molecule has 2 nitrogen and oxygen atoms in total. The maximum absolute atomic E-state index is 9.80. The van der Waals surface area contributed by atoms with E-state index < -0.39 is 0 Å². The number of para-hydroxylation sites is 1. The number of hydrogen-bond donors (Lipinski definition) is 1. The molecule has 0 atom stereocenters. The minimum Gasteiger partial charge on any atom is -0.507 e. The molecule has 0 spiro atoms. The molecular formula is C16H17NO. The first kappa shape index (κ1) is 12.4. The van der Waals surface area contributed by atoms with E-state index in [-0.39, 0.29) is 5.75 Å². The summed E-state index contributed by atoms with van der Waals surface area (Å²) in [5, 5.41) is 9.80. The van der Waals surface area contributed by atoms with Gasteiger partial charge < -0.3 is 5.11 Å². The molecule has 0 radical (unpaired) electrons. The van der Waals surface area contributed by atoms with Crippen molar-refractivity contribution in [1.29, 1.82) is 0 Å². The van der Waals surface area contributed by atoms with Crippen LogP contribution in [0.15, 0.2) is 53.5 Å². The number of phenols is 1. The van der Waals surface area contributed by atoms with Crippen LogP contribution in [-0.2, 0) is 0 Å². The molecule has 0 amide bonds. The quantitative estimate of drug-likeness (QED) is 0.797. The van der Waals surface area contributed by atoms with Crippen molar-refractivity contribution in [3.63, 3.8) is 0 Å². The molecule has 0 heterocycles. The zero-order valence-electron chi connectivity index (χ0n) is 10.7. The third-order valence-corrected chi connectivity index (χ3v) is 2.83. The normalized spacial score (nSPS) is 11.3. The smallest absolute Gasteiger partial charge is 0.124 e. The number of benzene rings is 2. The van der Waals surface area contributed by atoms with E-state index in [1.165, 1.54) is 5.56 Å². The number of aliphatic imine (C=N–C) groups is 1. The largest absolute Gasteiger partial charge is 0.507 e. The summed E-state index contributed by atoms with van der Waals surface area (Å²) in [4.78, 5) is 4.35. The molecule has 92 valence electrons. The van der Waals surface area contributed by atoms with Gasteiger partial charge in [-0.15, -0.1) is 0 Å². The molecule has 1 N–H and O–H groups in total. The predicted molar refractivity (Wildman–Crippen MR) is 75.9 cm³/mol. The van der Waals surface area contributed by atoms with Crippen molar-refractivity contribution in [2.75, 3.05) is 0 Å². The van der Waals surface area contributed by atoms with Crippen molar-refractivity contribution in [1.82, 2.24) is 0 Å². The van der Waals surface area contributed by atoms with Gasteiger partial charge in [-0.05, 0) is 35.7 Å². The summed E-state index contributed by atoms with van der Waals surface area (Å²) in [5.74, 6) is 0.702. The Labute approximate surface area is 108 Å². The highest BCUT2D eigenvalue weighted by molar-refractivity contribution is 5.85. The fourth-order valence-electron chi connectivity index (χ4n) is 1.69. The van der Waals surface area contributed by atoms with E-state index in [0.717, 1.165) is 11.3 Å². The third kappa shape index (κ3) is 2.98. The van der Waals surface area contributed by atoms with Crippen LogP contribution in [0.5, 0.6) is 5.75 Å². The molecule has 0 aliphatic heterocycles. The molecular weight excluding hydrogens is 222 g/mol. The van der Waals surface area contributed by atoms with Gasteiger partial charge in [-0.25, -0.2) is 0 Å². The van der Waals surface area contributed by atoms with Crippen LogP contribution in [0.3, 0.4) is 0 Å². The van der Waals surface area contributed by atoms with Gasteiger partial charge in [-0.1, -0.05) is 38.1 Å². The van der Waals surface area contributed by atoms with E-state index in [2.05, 4.69) is 18.8 Å². The van der Waals surface area contributed by atoms with Gasteiger partial charge in [0.1, 0.15) is 5.75 Å². The number of hydrogen-bond acceptors (Lipinski definition) is 2. The minimum absolute atomic E-state index is 0.263. The van der Waals surface area contributed by atoms with Crippen LogP contribution in [0.4, 0.5) is 5.69 Å². The first-order valence-corrected chi connectivity index (χ1v) is 6.09. The topological polar surface area (TPSA) is 32.6 Å². The lowest BCUT2D eigenvalue weighted by molar-refractivity contribution is 0.474. The van der Waals surface area contributed by atoms with Gasteiger partial charge in [-0.2, -0.15) is 0 Å². The maximum Gasteiger partial charge on any atom is 0.124 e. The Morgan fingerprint density at radius 2 is 1.78 bits per heavy atom. The molecule has 18 heavy (non-hydrogen) atoms. The second-order valence-corrected chi connectivity index (χ2v) is 4.57. The number of aromatic hydroxyl groups is 1. The van der Waals surface area contributed by atoms with E-state index in [9.17, 15) is 5.11 Å². The van der Waals surface area contributed by atoms with Gasteiger partial charge in [0.15, 0.2) is 0 Å². The summed E-state index contributed by atoms with van der Waals surface area (Å²) in [7, 11) is 0. The number of nitrogens with zero attached hydrogens (tertiary/aromatic N) is 1. The molecule has 0 saturated heterocycles. The van der Waals surface area contributed by atoms with E-state index >= 15 is 0 Å². The zero-order valence-corrected chi connectivity index (χ0v) is 10.7. The predicted octanol–water partition coefficient (Wildman–Crippen LogP) is 4.27. The Hall–Kier alpha value is -2.09. The molecule has 2 heteroatoms. The van der Waals surface area contributed by atoms with Gasteiger partial charge >= 0.3 is 0 Å².